The third-order valence-corrected chi connectivity index (χ3v) is 3.27. The SMILES string of the molecule is NCC(=O)N1CC[C@H](O)[C@@H](n2ccnc2)CC1. The number of aromatic nitrogens is 2. The summed E-state index contributed by atoms with van der Waals surface area (Å²) in [6, 6.07) is -0.00641. The van der Waals surface area contributed by atoms with Crippen LogP contribution in [0, 0.1) is 0 Å². The van der Waals surface area contributed by atoms with Gasteiger partial charge in [0.15, 0.2) is 0 Å². The molecule has 1 saturated heterocycles. The number of rotatable bonds is 2. The fourth-order valence-corrected chi connectivity index (χ4v) is 2.26. The van der Waals surface area contributed by atoms with Gasteiger partial charge in [-0.1, -0.05) is 0 Å². The number of hydrogen-bond donors (Lipinski definition) is 2. The van der Waals surface area contributed by atoms with Gasteiger partial charge in [0, 0.05) is 25.5 Å². The first-order valence-corrected chi connectivity index (χ1v) is 5.85. The predicted molar refractivity (Wildman–Crippen MR) is 62.1 cm³/mol. The summed E-state index contributed by atoms with van der Waals surface area (Å²) in [6.07, 6.45) is 6.10. The lowest BCUT2D eigenvalue weighted by atomic mass is 10.1. The van der Waals surface area contributed by atoms with E-state index >= 15 is 0 Å². The molecule has 0 bridgehead atoms. The number of nitrogens with two attached hydrogens (primary N) is 1. The summed E-state index contributed by atoms with van der Waals surface area (Å²) in [5.74, 6) is -0.0523. The van der Waals surface area contributed by atoms with E-state index in [-0.39, 0.29) is 18.5 Å². The van der Waals surface area contributed by atoms with Crippen molar-refractivity contribution in [3.63, 3.8) is 0 Å². The lowest BCUT2D eigenvalue weighted by Crippen LogP contribution is -2.36. The Morgan fingerprint density at radius 2 is 2.24 bits per heavy atom. The Morgan fingerprint density at radius 1 is 1.47 bits per heavy atom. The number of likely N-dealkylation sites (tertiary alicyclic amines) is 1. The molecule has 6 heteroatoms. The zero-order valence-electron chi connectivity index (χ0n) is 9.70. The molecule has 0 aromatic carbocycles. The van der Waals surface area contributed by atoms with Gasteiger partial charge in [0.1, 0.15) is 0 Å². The average Bonchev–Trinajstić information content (AvgIpc) is 2.79. The molecule has 2 atom stereocenters. The van der Waals surface area contributed by atoms with E-state index in [1.807, 2.05) is 10.8 Å². The molecular weight excluding hydrogens is 220 g/mol. The maximum absolute atomic E-state index is 11.5. The van der Waals surface area contributed by atoms with E-state index in [1.165, 1.54) is 0 Å². The molecule has 6 nitrogen and oxygen atoms in total. The van der Waals surface area contributed by atoms with E-state index in [4.69, 9.17) is 5.73 Å². The maximum Gasteiger partial charge on any atom is 0.236 e. The molecule has 1 aliphatic rings. The van der Waals surface area contributed by atoms with Gasteiger partial charge in [-0.15, -0.1) is 0 Å². The second kappa shape index (κ2) is 5.29. The van der Waals surface area contributed by atoms with Crippen molar-refractivity contribution in [2.45, 2.75) is 25.0 Å². The monoisotopic (exact) mass is 238 g/mol. The smallest absolute Gasteiger partial charge is 0.236 e. The second-order valence-corrected chi connectivity index (χ2v) is 4.31. The van der Waals surface area contributed by atoms with Crippen molar-refractivity contribution < 1.29 is 9.90 Å². The third-order valence-electron chi connectivity index (χ3n) is 3.27. The number of hydrogen-bond acceptors (Lipinski definition) is 4. The number of carbonyl (C=O) groups excluding carboxylic acids is 1. The van der Waals surface area contributed by atoms with Crippen LogP contribution in [-0.2, 0) is 4.79 Å². The number of aliphatic hydroxyl groups excluding tert-OH is 1. The Bertz CT molecular complexity index is 366. The average molecular weight is 238 g/mol. The molecule has 1 fully saturated rings. The molecule has 1 aromatic heterocycles. The largest absolute Gasteiger partial charge is 0.391 e. The highest BCUT2D eigenvalue weighted by atomic mass is 16.3. The van der Waals surface area contributed by atoms with Gasteiger partial charge in [-0.2, -0.15) is 0 Å². The van der Waals surface area contributed by atoms with Crippen LogP contribution in [0.25, 0.3) is 0 Å². The van der Waals surface area contributed by atoms with Gasteiger partial charge < -0.3 is 20.3 Å². The van der Waals surface area contributed by atoms with E-state index in [2.05, 4.69) is 4.98 Å². The highest BCUT2D eigenvalue weighted by Crippen LogP contribution is 2.22. The molecule has 1 amide bonds. The van der Waals surface area contributed by atoms with Gasteiger partial charge in [-0.05, 0) is 12.8 Å². The van der Waals surface area contributed by atoms with Crippen LogP contribution < -0.4 is 5.73 Å². The zero-order chi connectivity index (χ0) is 12.3. The van der Waals surface area contributed by atoms with Gasteiger partial charge in [0.05, 0.1) is 25.0 Å². The molecule has 94 valence electrons. The Kier molecular flexibility index (Phi) is 3.75. The normalized spacial score (nSPS) is 25.6. The molecule has 0 aliphatic carbocycles. The van der Waals surface area contributed by atoms with Crippen molar-refractivity contribution in [3.8, 4) is 0 Å². The van der Waals surface area contributed by atoms with Crippen LogP contribution in [0.15, 0.2) is 18.7 Å². The molecule has 1 aromatic rings. The number of nitrogens with zero attached hydrogens (tertiary/aromatic N) is 3. The Morgan fingerprint density at radius 3 is 2.88 bits per heavy atom. The Labute approximate surface area is 100 Å². The van der Waals surface area contributed by atoms with Crippen molar-refractivity contribution in [1.82, 2.24) is 14.5 Å². The van der Waals surface area contributed by atoms with Crippen LogP contribution in [0.4, 0.5) is 0 Å². The number of imidazole rings is 1. The summed E-state index contributed by atoms with van der Waals surface area (Å²) in [4.78, 5) is 17.2. The fraction of sp³-hybridized carbons (Fsp3) is 0.636. The minimum atomic E-state index is -0.445. The minimum Gasteiger partial charge on any atom is -0.391 e. The summed E-state index contributed by atoms with van der Waals surface area (Å²) in [5, 5.41) is 10.1. The van der Waals surface area contributed by atoms with Crippen LogP contribution in [0.1, 0.15) is 18.9 Å². The van der Waals surface area contributed by atoms with Gasteiger partial charge in [0.2, 0.25) is 5.91 Å². The van der Waals surface area contributed by atoms with Gasteiger partial charge in [-0.3, -0.25) is 4.79 Å². The first kappa shape index (κ1) is 12.1. The lowest BCUT2D eigenvalue weighted by molar-refractivity contribution is -0.129. The molecule has 0 unspecified atom stereocenters. The number of aliphatic hydroxyl groups is 1. The van der Waals surface area contributed by atoms with E-state index < -0.39 is 6.10 Å². The molecule has 0 saturated carbocycles. The molecule has 3 N–H and O–H groups in total. The van der Waals surface area contributed by atoms with E-state index in [0.29, 0.717) is 19.5 Å². The Balaban J connectivity index is 2.05. The van der Waals surface area contributed by atoms with Crippen LogP contribution >= 0.6 is 0 Å². The van der Waals surface area contributed by atoms with Crippen molar-refractivity contribution in [2.75, 3.05) is 19.6 Å². The van der Waals surface area contributed by atoms with Crippen LogP contribution in [-0.4, -0.2) is 51.2 Å². The number of amides is 1. The molecule has 2 heterocycles. The van der Waals surface area contributed by atoms with Crippen LogP contribution in [0.5, 0.6) is 0 Å². The van der Waals surface area contributed by atoms with Crippen molar-refractivity contribution in [3.05, 3.63) is 18.7 Å². The molecular formula is C11H18N4O2. The quantitative estimate of drug-likeness (QED) is 0.718. The van der Waals surface area contributed by atoms with Gasteiger partial charge in [0.25, 0.3) is 0 Å². The standard InChI is InChI=1S/C11H18N4O2/c12-7-11(17)14-4-1-9(10(16)2-5-14)15-6-3-13-8-15/h3,6,8-10,16H,1-2,4-5,7,12H2/t9-,10-/m0/s1. The van der Waals surface area contributed by atoms with Crippen molar-refractivity contribution in [2.24, 2.45) is 5.73 Å². The minimum absolute atomic E-state index is 0.00641. The highest BCUT2D eigenvalue weighted by Gasteiger charge is 2.27. The maximum atomic E-state index is 11.5. The number of carbonyl (C=O) groups is 1. The highest BCUT2D eigenvalue weighted by molar-refractivity contribution is 5.78. The van der Waals surface area contributed by atoms with Crippen LogP contribution in [0.3, 0.4) is 0 Å². The summed E-state index contributed by atoms with van der Waals surface area (Å²) < 4.78 is 1.90. The first-order valence-electron chi connectivity index (χ1n) is 5.85. The summed E-state index contributed by atoms with van der Waals surface area (Å²) in [5.41, 5.74) is 5.35. The van der Waals surface area contributed by atoms with Gasteiger partial charge >= 0.3 is 0 Å². The molecule has 2 rings (SSSR count). The van der Waals surface area contributed by atoms with Gasteiger partial charge in [-0.25, -0.2) is 4.98 Å². The zero-order valence-corrected chi connectivity index (χ0v) is 9.70. The van der Waals surface area contributed by atoms with E-state index in [9.17, 15) is 9.90 Å². The van der Waals surface area contributed by atoms with Crippen molar-refractivity contribution >= 4 is 5.91 Å². The molecule has 1 aliphatic heterocycles. The lowest BCUT2D eigenvalue weighted by Gasteiger charge is -2.21. The summed E-state index contributed by atoms with van der Waals surface area (Å²) in [7, 11) is 0. The topological polar surface area (TPSA) is 84.4 Å². The van der Waals surface area contributed by atoms with E-state index in [1.54, 1.807) is 17.4 Å². The molecule has 0 spiro atoms. The first-order chi connectivity index (χ1) is 8.22. The third kappa shape index (κ3) is 2.65. The van der Waals surface area contributed by atoms with Crippen molar-refractivity contribution in [1.29, 1.82) is 0 Å². The second-order valence-electron chi connectivity index (χ2n) is 4.31. The predicted octanol–water partition coefficient (Wildman–Crippen LogP) is -0.634. The molecule has 0 radical (unpaired) electrons. The Hall–Kier alpha value is -1.40. The molecule has 17 heavy (non-hydrogen) atoms. The van der Waals surface area contributed by atoms with Crippen LogP contribution in [0.2, 0.25) is 0 Å². The summed E-state index contributed by atoms with van der Waals surface area (Å²) in [6.45, 7) is 1.24. The summed E-state index contributed by atoms with van der Waals surface area (Å²) >= 11 is 0. The van der Waals surface area contributed by atoms with E-state index in [0.717, 1.165) is 6.42 Å². The fourth-order valence-electron chi connectivity index (χ4n) is 2.26.